The Kier molecular flexibility index (Phi) is 5.09. The molecule has 1 aliphatic heterocycles. The lowest BCUT2D eigenvalue weighted by Gasteiger charge is -2.27. The highest BCUT2D eigenvalue weighted by Crippen LogP contribution is 2.60. The molecule has 0 amide bonds. The van der Waals surface area contributed by atoms with Crippen LogP contribution >= 0.6 is 0 Å². The molecule has 3 heterocycles. The van der Waals surface area contributed by atoms with E-state index < -0.39 is 5.41 Å². The number of hydrogen-bond acceptors (Lipinski definition) is 3. The Labute approximate surface area is 254 Å². The van der Waals surface area contributed by atoms with Gasteiger partial charge in [0.2, 0.25) is 0 Å². The zero-order valence-electron chi connectivity index (χ0n) is 23.9. The van der Waals surface area contributed by atoms with Crippen LogP contribution in [0.4, 0.5) is 0 Å². The molecule has 1 aliphatic carbocycles. The summed E-state index contributed by atoms with van der Waals surface area (Å²) in [6.07, 6.45) is 3.70. The molecule has 1 unspecified atom stereocenters. The van der Waals surface area contributed by atoms with Gasteiger partial charge in [-0.05, 0) is 52.1 Å². The summed E-state index contributed by atoms with van der Waals surface area (Å²) in [7, 11) is 0. The van der Waals surface area contributed by atoms with Gasteiger partial charge in [0.25, 0.3) is 0 Å². The topological polar surface area (TPSA) is 43.6 Å². The van der Waals surface area contributed by atoms with Crippen LogP contribution in [0.15, 0.2) is 134 Å². The number of rotatable bonds is 3. The van der Waals surface area contributed by atoms with Crippen LogP contribution in [0.3, 0.4) is 0 Å². The molecule has 0 bridgehead atoms. The predicted molar refractivity (Wildman–Crippen MR) is 178 cm³/mol. The van der Waals surface area contributed by atoms with Crippen molar-refractivity contribution in [2.24, 2.45) is 0 Å². The number of nitrogens with zero attached hydrogens (tertiary/aromatic N) is 4. The zero-order chi connectivity index (χ0) is 29.4. The van der Waals surface area contributed by atoms with Crippen molar-refractivity contribution >= 4 is 23.7 Å². The molecule has 2 aliphatic rings. The zero-order valence-corrected chi connectivity index (χ0v) is 23.9. The van der Waals surface area contributed by atoms with Crippen molar-refractivity contribution in [1.29, 1.82) is 0 Å². The molecule has 1 spiro atoms. The first-order valence-electron chi connectivity index (χ1n) is 14.8. The molecule has 4 heteroatoms. The van der Waals surface area contributed by atoms with Gasteiger partial charge in [-0.3, -0.25) is 4.57 Å². The Morgan fingerprint density at radius 1 is 0.636 bits per heavy atom. The Balaban J connectivity index is 1.36. The lowest BCUT2D eigenvalue weighted by atomic mass is 9.72. The van der Waals surface area contributed by atoms with Gasteiger partial charge in [0.15, 0.2) is 5.82 Å². The first-order valence-corrected chi connectivity index (χ1v) is 14.8. The van der Waals surface area contributed by atoms with E-state index in [1.165, 1.54) is 27.8 Å². The summed E-state index contributed by atoms with van der Waals surface area (Å²) in [6, 6.07) is 42.7. The third-order valence-corrected chi connectivity index (χ3v) is 9.10. The maximum atomic E-state index is 5.35. The number of imidazole rings is 1. The highest BCUT2D eigenvalue weighted by Gasteiger charge is 2.54. The quantitative estimate of drug-likeness (QED) is 0.229. The molecule has 1 atom stereocenters. The molecule has 44 heavy (non-hydrogen) atoms. The summed E-state index contributed by atoms with van der Waals surface area (Å²) in [5.74, 6) is 1.66. The second-order valence-electron chi connectivity index (χ2n) is 11.4. The minimum Gasteiger partial charge on any atom is -0.295 e. The SMILES string of the molecule is C=C/C=c1/c(-c2ccccc2)nc(-c2ccc3c(c2)C2(c4ccccc4-3)c3ccccc3-n3c2nc2ccccc23)nc1=C. The van der Waals surface area contributed by atoms with Crippen molar-refractivity contribution in [2.75, 3.05) is 0 Å². The lowest BCUT2D eigenvalue weighted by molar-refractivity contribution is 0.738. The number of allylic oxidation sites excluding steroid dienone is 1. The smallest absolute Gasteiger partial charge is 0.160 e. The van der Waals surface area contributed by atoms with Crippen LogP contribution in [0, 0.1) is 0 Å². The van der Waals surface area contributed by atoms with Gasteiger partial charge in [-0.2, -0.15) is 0 Å². The summed E-state index contributed by atoms with van der Waals surface area (Å²) in [6.45, 7) is 8.25. The van der Waals surface area contributed by atoms with Crippen LogP contribution in [0.2, 0.25) is 0 Å². The lowest BCUT2D eigenvalue weighted by Crippen LogP contribution is -2.31. The Bertz CT molecular complexity index is 2440. The van der Waals surface area contributed by atoms with Gasteiger partial charge in [-0.1, -0.05) is 122 Å². The number of fused-ring (bicyclic) bond motifs is 12. The van der Waals surface area contributed by atoms with Crippen molar-refractivity contribution in [3.63, 3.8) is 0 Å². The highest BCUT2D eigenvalue weighted by molar-refractivity contribution is 5.92. The van der Waals surface area contributed by atoms with Crippen LogP contribution in [-0.4, -0.2) is 19.5 Å². The molecule has 5 aromatic carbocycles. The molecule has 0 saturated carbocycles. The second-order valence-corrected chi connectivity index (χ2v) is 11.4. The summed E-state index contributed by atoms with van der Waals surface area (Å²) in [5, 5.41) is 1.54. The van der Waals surface area contributed by atoms with E-state index in [1.807, 2.05) is 24.3 Å². The van der Waals surface area contributed by atoms with Gasteiger partial charge < -0.3 is 0 Å². The molecule has 0 fully saturated rings. The van der Waals surface area contributed by atoms with Crippen molar-refractivity contribution in [1.82, 2.24) is 19.5 Å². The minimum atomic E-state index is -0.580. The van der Waals surface area contributed by atoms with Crippen molar-refractivity contribution in [3.8, 4) is 39.5 Å². The van der Waals surface area contributed by atoms with E-state index in [-0.39, 0.29) is 0 Å². The van der Waals surface area contributed by atoms with E-state index in [0.717, 1.165) is 44.6 Å². The molecular weight excluding hydrogens is 536 g/mol. The number of para-hydroxylation sites is 3. The van der Waals surface area contributed by atoms with E-state index in [4.69, 9.17) is 15.0 Å². The Morgan fingerprint density at radius 3 is 2.23 bits per heavy atom. The number of aromatic nitrogens is 4. The molecule has 0 radical (unpaired) electrons. The van der Waals surface area contributed by atoms with Crippen LogP contribution in [0.1, 0.15) is 22.5 Å². The van der Waals surface area contributed by atoms with Gasteiger partial charge in [0, 0.05) is 16.3 Å². The largest absolute Gasteiger partial charge is 0.295 e. The maximum Gasteiger partial charge on any atom is 0.160 e. The maximum absolute atomic E-state index is 5.35. The monoisotopic (exact) mass is 562 g/mol. The van der Waals surface area contributed by atoms with Crippen LogP contribution in [-0.2, 0) is 5.41 Å². The summed E-state index contributed by atoms with van der Waals surface area (Å²) in [5.41, 5.74) is 11.6. The summed E-state index contributed by atoms with van der Waals surface area (Å²) in [4.78, 5) is 15.4. The van der Waals surface area contributed by atoms with E-state index in [9.17, 15) is 0 Å². The van der Waals surface area contributed by atoms with Gasteiger partial charge in [-0.25, -0.2) is 15.0 Å². The predicted octanol–water partition coefficient (Wildman–Crippen LogP) is 7.20. The van der Waals surface area contributed by atoms with E-state index in [1.54, 1.807) is 6.08 Å². The number of benzene rings is 5. The molecular formula is C40H26N4. The van der Waals surface area contributed by atoms with Crippen LogP contribution in [0.5, 0.6) is 0 Å². The fourth-order valence-electron chi connectivity index (χ4n) is 7.33. The Hall–Kier alpha value is -5.87. The van der Waals surface area contributed by atoms with Crippen molar-refractivity contribution in [2.45, 2.75) is 5.41 Å². The average Bonchev–Trinajstić information content (AvgIpc) is 3.69. The summed E-state index contributed by atoms with van der Waals surface area (Å²) < 4.78 is 2.35. The van der Waals surface area contributed by atoms with Crippen LogP contribution < -0.4 is 10.6 Å². The van der Waals surface area contributed by atoms with Gasteiger partial charge in [0.05, 0.1) is 27.8 Å². The van der Waals surface area contributed by atoms with Crippen LogP contribution in [0.25, 0.3) is 63.1 Å². The van der Waals surface area contributed by atoms with E-state index in [0.29, 0.717) is 11.2 Å². The average molecular weight is 563 g/mol. The van der Waals surface area contributed by atoms with Gasteiger partial charge >= 0.3 is 0 Å². The highest BCUT2D eigenvalue weighted by atomic mass is 15.1. The van der Waals surface area contributed by atoms with Crippen molar-refractivity contribution < 1.29 is 0 Å². The fourth-order valence-corrected chi connectivity index (χ4v) is 7.33. The molecule has 0 saturated heterocycles. The van der Waals surface area contributed by atoms with Gasteiger partial charge in [0.1, 0.15) is 11.2 Å². The molecule has 4 nitrogen and oxygen atoms in total. The fraction of sp³-hybridized carbons (Fsp3) is 0.0250. The first kappa shape index (κ1) is 24.7. The normalized spacial score (nSPS) is 16.1. The van der Waals surface area contributed by atoms with Crippen molar-refractivity contribution in [3.05, 3.63) is 167 Å². The molecule has 206 valence electrons. The summed E-state index contributed by atoms with van der Waals surface area (Å²) >= 11 is 0. The minimum absolute atomic E-state index is 0.580. The first-order chi connectivity index (χ1) is 21.7. The van der Waals surface area contributed by atoms with Gasteiger partial charge in [-0.15, -0.1) is 0 Å². The molecule has 7 aromatic rings. The standard InChI is InChI=1S/C40H26N4/c1-3-13-28-25(2)41-38(43-37(28)26-14-5-4-6-15-26)27-22-23-30-29-16-7-8-17-31(29)40(33(30)24-27)32-18-9-11-20-35(32)44-36-21-12-10-19-34(36)42-39(40)44/h3-24H,1-2H2/b28-13+. The molecule has 0 N–H and O–H groups in total. The second kappa shape index (κ2) is 9.06. The third kappa shape index (κ3) is 3.14. The molecule has 9 rings (SSSR count). The third-order valence-electron chi connectivity index (χ3n) is 9.10. The van der Waals surface area contributed by atoms with E-state index >= 15 is 0 Å². The number of hydrogen-bond donors (Lipinski definition) is 0. The Morgan fingerprint density at radius 2 is 1.36 bits per heavy atom. The van der Waals surface area contributed by atoms with E-state index in [2.05, 4.69) is 121 Å². The molecule has 2 aromatic heterocycles.